The van der Waals surface area contributed by atoms with Crippen LogP contribution in [0.4, 0.5) is 14.9 Å². The largest absolute Gasteiger partial charge is 0.492 e. The zero-order chi connectivity index (χ0) is 27.9. The monoisotopic (exact) mass is 528 g/mol. The summed E-state index contributed by atoms with van der Waals surface area (Å²) in [5.74, 6) is -0.443. The van der Waals surface area contributed by atoms with E-state index in [1.165, 1.54) is 12.1 Å². The number of alkyl carbamates (subject to hydrolysis) is 1. The fourth-order valence-corrected chi connectivity index (χ4v) is 5.12. The fraction of sp³-hybridized carbons (Fsp3) is 0.323. The molecule has 2 aliphatic rings. The Morgan fingerprint density at radius 3 is 2.18 bits per heavy atom. The number of amides is 1. The van der Waals surface area contributed by atoms with Gasteiger partial charge in [0.15, 0.2) is 0 Å². The Labute approximate surface area is 229 Å². The quantitative estimate of drug-likeness (QED) is 0.291. The summed E-state index contributed by atoms with van der Waals surface area (Å²) in [6.07, 6.45) is 1.15. The third-order valence-electron chi connectivity index (χ3n) is 8.06. The summed E-state index contributed by atoms with van der Waals surface area (Å²) in [7, 11) is -0.758. The van der Waals surface area contributed by atoms with Gasteiger partial charge in [0.2, 0.25) is 0 Å². The first-order valence-electron chi connectivity index (χ1n) is 13.2. The molecule has 5 rings (SSSR count). The fourth-order valence-electron chi connectivity index (χ4n) is 5.12. The van der Waals surface area contributed by atoms with E-state index < -0.39 is 30.2 Å². The zero-order valence-electron chi connectivity index (χ0n) is 23.0. The molecule has 1 fully saturated rings. The molecule has 202 valence electrons. The minimum Gasteiger partial charge on any atom is -0.449 e. The third-order valence-corrected chi connectivity index (χ3v) is 8.06. The Bertz CT molecular complexity index is 1390. The molecular weight excluding hydrogens is 494 g/mol. The van der Waals surface area contributed by atoms with Gasteiger partial charge in [0.1, 0.15) is 12.4 Å². The van der Waals surface area contributed by atoms with E-state index >= 15 is 0 Å². The van der Waals surface area contributed by atoms with Crippen LogP contribution in [0.3, 0.4) is 0 Å². The molecule has 1 saturated heterocycles. The van der Waals surface area contributed by atoms with Gasteiger partial charge in [-0.1, -0.05) is 54.6 Å². The van der Waals surface area contributed by atoms with Gasteiger partial charge in [-0.2, -0.15) is 0 Å². The Kier molecular flexibility index (Phi) is 7.03. The number of hydrogen-bond acceptors (Lipinski definition) is 5. The number of nitrogens with one attached hydrogen (secondary N) is 1. The molecule has 6 nitrogen and oxygen atoms in total. The van der Waals surface area contributed by atoms with Gasteiger partial charge >= 0.3 is 13.2 Å². The normalized spacial score (nSPS) is 17.6. The van der Waals surface area contributed by atoms with Crippen molar-refractivity contribution in [1.29, 1.82) is 0 Å². The number of halogens is 1. The number of aryl methyl sites for hydroxylation is 1. The van der Waals surface area contributed by atoms with E-state index in [2.05, 4.69) is 29.6 Å². The van der Waals surface area contributed by atoms with Crippen molar-refractivity contribution in [2.45, 2.75) is 51.7 Å². The lowest BCUT2D eigenvalue weighted by atomic mass is 9.76. The van der Waals surface area contributed by atoms with Gasteiger partial charge in [-0.05, 0) is 85.6 Å². The lowest BCUT2D eigenvalue weighted by Crippen LogP contribution is -2.41. The van der Waals surface area contributed by atoms with Crippen molar-refractivity contribution in [3.05, 3.63) is 94.2 Å². The third kappa shape index (κ3) is 5.19. The summed E-state index contributed by atoms with van der Waals surface area (Å²) in [4.78, 5) is 12.9. The van der Waals surface area contributed by atoms with Crippen molar-refractivity contribution >= 4 is 25.0 Å². The Hall–Kier alpha value is -3.62. The number of nitrogen functional groups attached to an aromatic ring is 1. The first-order valence-corrected chi connectivity index (χ1v) is 13.2. The highest BCUT2D eigenvalue weighted by Crippen LogP contribution is 2.44. The van der Waals surface area contributed by atoms with E-state index in [1.54, 1.807) is 13.0 Å². The minimum absolute atomic E-state index is 0.0451. The number of nitrogens with two attached hydrogens (primary N) is 1. The van der Waals surface area contributed by atoms with Crippen LogP contribution in [0.5, 0.6) is 0 Å². The van der Waals surface area contributed by atoms with Crippen molar-refractivity contribution in [3.63, 3.8) is 0 Å². The van der Waals surface area contributed by atoms with Crippen molar-refractivity contribution < 1.29 is 23.2 Å². The molecule has 8 heteroatoms. The molecule has 1 heterocycles. The first kappa shape index (κ1) is 27.0. The second-order valence-electron chi connectivity index (χ2n) is 11.2. The smallest absolute Gasteiger partial charge is 0.449 e. The number of hydrogen-bond donors (Lipinski definition) is 2. The minimum atomic E-state index is -0.758. The standard InChI is InChI=1S/C31H34BFN2O4/c1-19-14-22(33)16-20(28(19)34)15-21(32-38-30(2,3)31(4,5)39-32)17-35-29(36)37-18-27-25-12-8-6-10-23(25)24-11-7-9-13-26(24)27/h6-16,27H,17-18,34H2,1-5H3,(H,35,36). The molecule has 39 heavy (non-hydrogen) atoms. The molecule has 0 bridgehead atoms. The maximum Gasteiger partial charge on any atom is 0.492 e. The van der Waals surface area contributed by atoms with Gasteiger partial charge in [-0.25, -0.2) is 9.18 Å². The van der Waals surface area contributed by atoms with E-state index in [0.29, 0.717) is 22.3 Å². The van der Waals surface area contributed by atoms with E-state index in [-0.39, 0.29) is 19.1 Å². The van der Waals surface area contributed by atoms with E-state index in [1.807, 2.05) is 52.0 Å². The highest BCUT2D eigenvalue weighted by Gasteiger charge is 2.52. The molecule has 0 aromatic heterocycles. The number of benzene rings is 3. The first-order chi connectivity index (χ1) is 18.5. The van der Waals surface area contributed by atoms with Gasteiger partial charge in [-0.3, -0.25) is 0 Å². The summed E-state index contributed by atoms with van der Waals surface area (Å²) in [6.45, 7) is 9.82. The predicted molar refractivity (Wildman–Crippen MR) is 153 cm³/mol. The van der Waals surface area contributed by atoms with Crippen LogP contribution in [-0.2, 0) is 14.0 Å². The van der Waals surface area contributed by atoms with Crippen LogP contribution in [0.25, 0.3) is 17.2 Å². The van der Waals surface area contributed by atoms with E-state index in [0.717, 1.165) is 22.3 Å². The Balaban J connectivity index is 1.33. The second-order valence-corrected chi connectivity index (χ2v) is 11.2. The summed E-state index contributed by atoms with van der Waals surface area (Å²) in [5, 5.41) is 2.83. The molecule has 1 aliphatic carbocycles. The summed E-state index contributed by atoms with van der Waals surface area (Å²) in [5.41, 5.74) is 11.8. The van der Waals surface area contributed by atoms with Gasteiger partial charge in [0.25, 0.3) is 0 Å². The molecule has 1 aliphatic heterocycles. The van der Waals surface area contributed by atoms with Crippen LogP contribution in [0, 0.1) is 12.7 Å². The molecule has 0 spiro atoms. The number of carbonyl (C=O) groups excluding carboxylic acids is 1. The number of fused-ring (bicyclic) bond motifs is 3. The van der Waals surface area contributed by atoms with Crippen LogP contribution >= 0.6 is 0 Å². The van der Waals surface area contributed by atoms with Crippen molar-refractivity contribution in [3.8, 4) is 11.1 Å². The van der Waals surface area contributed by atoms with Crippen molar-refractivity contribution in [1.82, 2.24) is 5.32 Å². The SMILES string of the molecule is Cc1cc(F)cc(C=C(CNC(=O)OCC2c3ccccc3-c3ccccc32)B2OC(C)(C)C(C)(C)O2)c1N. The van der Waals surface area contributed by atoms with E-state index in [4.69, 9.17) is 19.8 Å². The molecule has 3 N–H and O–H groups in total. The highest BCUT2D eigenvalue weighted by molar-refractivity contribution is 6.56. The average Bonchev–Trinajstić information content (AvgIpc) is 3.32. The van der Waals surface area contributed by atoms with Gasteiger partial charge < -0.3 is 25.1 Å². The molecule has 0 atom stereocenters. The number of rotatable bonds is 6. The maximum absolute atomic E-state index is 14.2. The Morgan fingerprint density at radius 1 is 1.03 bits per heavy atom. The lowest BCUT2D eigenvalue weighted by Gasteiger charge is -2.32. The van der Waals surface area contributed by atoms with Crippen molar-refractivity contribution in [2.75, 3.05) is 18.9 Å². The molecule has 1 amide bonds. The number of carbonyl (C=O) groups is 1. The van der Waals surface area contributed by atoms with Crippen LogP contribution in [-0.4, -0.2) is 37.6 Å². The Morgan fingerprint density at radius 2 is 1.59 bits per heavy atom. The summed E-state index contributed by atoms with van der Waals surface area (Å²) in [6, 6.07) is 19.1. The van der Waals surface area contributed by atoms with Crippen LogP contribution in [0.2, 0.25) is 0 Å². The summed E-state index contributed by atoms with van der Waals surface area (Å²) >= 11 is 0. The van der Waals surface area contributed by atoms with E-state index in [9.17, 15) is 9.18 Å². The predicted octanol–water partition coefficient (Wildman–Crippen LogP) is 6.27. The second kappa shape index (κ2) is 10.2. The molecule has 3 aromatic carbocycles. The zero-order valence-corrected chi connectivity index (χ0v) is 23.0. The lowest BCUT2D eigenvalue weighted by molar-refractivity contribution is 0.00578. The number of ether oxygens (including phenoxy) is 1. The highest BCUT2D eigenvalue weighted by atomic mass is 19.1. The molecule has 0 unspecified atom stereocenters. The van der Waals surface area contributed by atoms with Gasteiger partial charge in [-0.15, -0.1) is 0 Å². The van der Waals surface area contributed by atoms with Crippen LogP contribution < -0.4 is 11.1 Å². The van der Waals surface area contributed by atoms with Crippen LogP contribution in [0.15, 0.2) is 66.1 Å². The molecule has 3 aromatic rings. The van der Waals surface area contributed by atoms with Gasteiger partial charge in [0.05, 0.1) is 11.2 Å². The molecule has 0 saturated carbocycles. The van der Waals surface area contributed by atoms with Gasteiger partial charge in [0, 0.05) is 18.2 Å². The topological polar surface area (TPSA) is 82.8 Å². The maximum atomic E-state index is 14.2. The average molecular weight is 528 g/mol. The summed E-state index contributed by atoms with van der Waals surface area (Å²) < 4.78 is 32.4. The molecular formula is C31H34BFN2O4. The van der Waals surface area contributed by atoms with Crippen molar-refractivity contribution in [2.24, 2.45) is 0 Å². The number of anilines is 1. The molecule has 0 radical (unpaired) electrons. The van der Waals surface area contributed by atoms with Crippen LogP contribution in [0.1, 0.15) is 55.9 Å².